The standard InChI is InChI=1S/C24H38O8S.C22H34O8S.C20H31NO4S.C15H24O4S.C9H16O2.25CH4.4Na.H2/c1-7-23(4,21(25)30-6)17-24(5,22(26)31-8-2)18(3)19-11-13-20(14-12-19)32-15-9-10-16-33(27,28)29;1-6-17(20(23)28-4)15-22(3,21(24)29-5)16(2)18-9-11-19(12-10-18)30-13-7-8-14-31(25,26)27;1-5-20(3,4)14-18(15-21)16(2)17-8-10-19(11-9-17)25-12-6-7-13-26(22,23)24;1-3-6-13(2)14-7-9-15(10-8-14)19-11-4-5-12-20(16,17)18;1-2-9(10)11-8-6-4-3-5-7-8;;;;;;;;;;;;;;;;;;;;;;;;;;;;;;/h11-14,18H,7-10,15-17H2,1-6H3,(H,27,28,29);9-12,16-17H,6-8,13-15H2,1-5H3,(H,25,26,27);8-11,16,18H,5-7,12-14H2,1-4H3,(H,22,23,24);7-10,13H,3-6,11-12H2,1-2H3,(H,16,17,18);8H,2-7H2,1H3;25*1H4;;;;;1H/q;;;;;;;;;;;;;;;;;;;;;;;;;;;;;;4*+1;/p-4. The molecule has 0 spiro atoms. The summed E-state index contributed by atoms with van der Waals surface area (Å²) in [4.78, 5) is 61.2. The second-order valence-electron chi connectivity index (χ2n) is 32.5. The first-order valence-corrected chi connectivity index (χ1v) is 48.6. The Morgan fingerprint density at radius 2 is 0.700 bits per heavy atom. The number of hydrogen-bond acceptors (Lipinski definition) is 27. The Labute approximate surface area is 1020 Å². The Kier molecular flexibility index (Phi) is 175. The number of esters is 5. The van der Waals surface area contributed by atoms with Gasteiger partial charge in [0.15, 0.2) is 0 Å². The first-order valence-electron chi connectivity index (χ1n) is 42.3. The molecule has 0 aliphatic heterocycles. The molecule has 5 rings (SSSR count). The van der Waals surface area contributed by atoms with Gasteiger partial charge in [-0.25, -0.2) is 33.7 Å². The molecule has 890 valence electrons. The Hall–Kier alpha value is -3.44. The molecule has 1 saturated carbocycles. The van der Waals surface area contributed by atoms with Crippen molar-refractivity contribution in [3.05, 3.63) is 119 Å². The largest absolute Gasteiger partial charge is 1.00 e. The number of carbonyl (C=O) groups is 5. The van der Waals surface area contributed by atoms with E-state index in [1.54, 1.807) is 45.0 Å². The monoisotopic (exact) mass is 2270 g/mol. The van der Waals surface area contributed by atoms with Gasteiger partial charge in [0.25, 0.3) is 0 Å². The second-order valence-corrected chi connectivity index (χ2v) is 38.6. The average molecular weight is 2270 g/mol. The molecule has 4 aromatic carbocycles. The summed E-state index contributed by atoms with van der Waals surface area (Å²) in [6, 6.07) is 32.7. The number of carbonyl (C=O) groups excluding carboxylic acids is 5. The molecule has 4 aromatic rings. The molecule has 9 atom stereocenters. The van der Waals surface area contributed by atoms with Crippen LogP contribution in [0.4, 0.5) is 0 Å². The van der Waals surface area contributed by atoms with Crippen LogP contribution in [0.5, 0.6) is 23.0 Å². The topological polar surface area (TPSA) is 421 Å². The minimum absolute atomic E-state index is 0. The van der Waals surface area contributed by atoms with Crippen molar-refractivity contribution in [2.45, 2.75) is 461 Å². The van der Waals surface area contributed by atoms with Crippen molar-refractivity contribution in [2.75, 3.05) is 77.4 Å². The Morgan fingerprint density at radius 1 is 0.400 bits per heavy atom. The van der Waals surface area contributed by atoms with E-state index in [1.165, 1.54) is 59.0 Å². The fourth-order valence-corrected chi connectivity index (χ4v) is 15.9. The quantitative estimate of drug-likeness (QED) is 0.0130. The number of unbranched alkanes of at least 4 members (excludes halogenated alkanes) is 4. The van der Waals surface area contributed by atoms with Crippen LogP contribution < -0.4 is 137 Å². The van der Waals surface area contributed by atoms with E-state index in [4.69, 9.17) is 42.6 Å². The van der Waals surface area contributed by atoms with Gasteiger partial charge in [-0.3, -0.25) is 24.0 Å². The molecular weight excluding hydrogens is 2030 g/mol. The third-order valence-corrected chi connectivity index (χ3v) is 25.6. The predicted octanol–water partition coefficient (Wildman–Crippen LogP) is 21.5. The van der Waals surface area contributed by atoms with E-state index < -0.39 is 80.1 Å². The molecular formula is C115H241NNa4O26S4. The van der Waals surface area contributed by atoms with Crippen molar-refractivity contribution in [3.8, 4) is 29.1 Å². The predicted molar refractivity (Wildman–Crippen MR) is 633 cm³/mol. The van der Waals surface area contributed by atoms with Crippen LogP contribution in [0.2, 0.25) is 0 Å². The van der Waals surface area contributed by atoms with E-state index in [0.717, 1.165) is 48.1 Å². The van der Waals surface area contributed by atoms with Crippen molar-refractivity contribution >= 4 is 70.3 Å². The van der Waals surface area contributed by atoms with Gasteiger partial charge in [-0.05, 0) is 243 Å². The Morgan fingerprint density at radius 3 is 0.953 bits per heavy atom. The molecule has 0 amide bonds. The summed E-state index contributed by atoms with van der Waals surface area (Å²) >= 11 is 0. The van der Waals surface area contributed by atoms with Crippen LogP contribution >= 0.6 is 0 Å². The fourth-order valence-electron chi connectivity index (χ4n) is 13.7. The van der Waals surface area contributed by atoms with Crippen LogP contribution in [-0.4, -0.2) is 165 Å². The number of nitrogens with zero attached hydrogens (tertiary/aromatic N) is 1. The van der Waals surface area contributed by atoms with Gasteiger partial charge in [-0.1, -0.05) is 330 Å². The third kappa shape index (κ3) is 93.4. The molecule has 0 radical (unpaired) electrons. The molecule has 0 saturated heterocycles. The van der Waals surface area contributed by atoms with Gasteiger partial charge in [0, 0.05) is 30.9 Å². The van der Waals surface area contributed by atoms with Gasteiger partial charge in [0.05, 0.1) is 129 Å². The zero-order chi connectivity index (χ0) is 91.9. The first-order chi connectivity index (χ1) is 56.6. The molecule has 0 heterocycles. The molecule has 9 unspecified atom stereocenters. The molecule has 150 heavy (non-hydrogen) atoms. The van der Waals surface area contributed by atoms with E-state index in [-0.39, 0.29) is 402 Å². The molecule has 0 N–H and O–H groups in total. The molecule has 0 aromatic heterocycles. The summed E-state index contributed by atoms with van der Waals surface area (Å²) in [5.74, 6) is -0.563. The smallest absolute Gasteiger partial charge is 0.748 e. The SMILES string of the molecule is C.C.C.C.C.C.C.C.C.C.C.C.C.C.C.C.C.C.C.C.C.C.C.C.C.CCC(=O)OC1CCCCC1.CCC(C)(C)CC(C#N)C(C)c1ccc(OCCCCS(=O)(=O)[O-])cc1.CCC(CC(C)(C(=O)OC)C(C)c1ccc(OCCCCS(=O)(=O)[O-])cc1)C(=O)OC.CCCC(C)c1ccc(OCCCCS(=O)(=O)[O-])cc1.CCOC(=O)C(C)(CC(C)(CC)C(=O)OC)C(C)c1ccc(OCCCCS(=O)(=O)[O-])cc1.[HH].[Na+].[Na+].[Na+].[Na+]. The van der Waals surface area contributed by atoms with Crippen molar-refractivity contribution in [1.82, 2.24) is 0 Å². The second kappa shape index (κ2) is 117. The van der Waals surface area contributed by atoms with Crippen molar-refractivity contribution in [2.24, 2.45) is 33.5 Å². The number of hydrogen-bond donors (Lipinski definition) is 0. The van der Waals surface area contributed by atoms with Crippen LogP contribution in [-0.2, 0) is 88.1 Å². The van der Waals surface area contributed by atoms with E-state index >= 15 is 0 Å². The number of rotatable bonds is 49. The average Bonchev–Trinajstić information content (AvgIpc) is 0.776. The molecule has 0 bridgehead atoms. The van der Waals surface area contributed by atoms with Gasteiger partial charge < -0.3 is 60.8 Å². The van der Waals surface area contributed by atoms with Gasteiger partial charge in [0.1, 0.15) is 29.1 Å². The third-order valence-electron chi connectivity index (χ3n) is 22.4. The molecule has 1 aliphatic carbocycles. The fraction of sp³-hybridized carbons (Fsp3) is 0.739. The molecule has 1 fully saturated rings. The van der Waals surface area contributed by atoms with E-state index in [0.29, 0.717) is 114 Å². The van der Waals surface area contributed by atoms with Crippen LogP contribution in [0, 0.1) is 44.8 Å². The zero-order valence-electron chi connectivity index (χ0n) is 78.9. The van der Waals surface area contributed by atoms with Crippen LogP contribution in [0.3, 0.4) is 0 Å². The number of nitriles is 1. The molecule has 27 nitrogen and oxygen atoms in total. The molecule has 35 heteroatoms. The Bertz CT molecular complexity index is 4210. The normalized spacial score (nSPS) is 12.5. The van der Waals surface area contributed by atoms with Crippen molar-refractivity contribution in [3.63, 3.8) is 0 Å². The summed E-state index contributed by atoms with van der Waals surface area (Å²) in [7, 11) is -12.6. The maximum atomic E-state index is 13.1. The number of methoxy groups -OCH3 is 3. The van der Waals surface area contributed by atoms with Gasteiger partial charge in [0.2, 0.25) is 0 Å². The van der Waals surface area contributed by atoms with Gasteiger partial charge in [-0.15, -0.1) is 0 Å². The number of ether oxygens (including phenoxy) is 9. The van der Waals surface area contributed by atoms with Crippen LogP contribution in [0.15, 0.2) is 97.1 Å². The van der Waals surface area contributed by atoms with E-state index in [2.05, 4.69) is 59.7 Å². The van der Waals surface area contributed by atoms with E-state index in [1.807, 2.05) is 102 Å². The maximum absolute atomic E-state index is 13.1. The van der Waals surface area contributed by atoms with E-state index in [9.17, 15) is 81.1 Å². The van der Waals surface area contributed by atoms with Gasteiger partial charge >= 0.3 is 148 Å². The molecule has 1 aliphatic rings. The maximum Gasteiger partial charge on any atom is 1.00 e. The zero-order valence-corrected chi connectivity index (χ0v) is 90.2. The summed E-state index contributed by atoms with van der Waals surface area (Å²) in [6.45, 7) is 31.3. The van der Waals surface area contributed by atoms with Crippen LogP contribution in [0.1, 0.15) is 478 Å². The minimum Gasteiger partial charge on any atom is -0.748 e. The first kappa shape index (κ1) is 225. The van der Waals surface area contributed by atoms with Gasteiger partial charge in [-0.2, -0.15) is 5.26 Å². The summed E-state index contributed by atoms with van der Waals surface area (Å²) < 4.78 is 174. The summed E-state index contributed by atoms with van der Waals surface area (Å²) in [5, 5.41) is 9.56. The summed E-state index contributed by atoms with van der Waals surface area (Å²) in [6.07, 6.45) is 15.6. The van der Waals surface area contributed by atoms with Crippen LogP contribution in [0.25, 0.3) is 0 Å². The minimum atomic E-state index is -4.20. The Balaban J connectivity index is -0.0000000422. The summed E-state index contributed by atoms with van der Waals surface area (Å²) in [5.41, 5.74) is 1.58. The van der Waals surface area contributed by atoms with Crippen molar-refractivity contribution in [1.29, 1.82) is 5.26 Å². The number of benzene rings is 4. The van der Waals surface area contributed by atoms with Crippen molar-refractivity contribution < 1.29 is 238 Å².